The van der Waals surface area contributed by atoms with E-state index in [2.05, 4.69) is 21.8 Å². The van der Waals surface area contributed by atoms with Crippen molar-refractivity contribution >= 4 is 12.2 Å². The molecule has 0 aliphatic carbocycles. The minimum absolute atomic E-state index is 0.531. The second-order valence-corrected chi connectivity index (χ2v) is 4.13. The molecule has 80 valence electrons. The van der Waals surface area contributed by atoms with Crippen LogP contribution in [0.25, 0.3) is 0 Å². The van der Waals surface area contributed by atoms with E-state index in [0.717, 1.165) is 25.3 Å². The van der Waals surface area contributed by atoms with Gasteiger partial charge >= 0.3 is 0 Å². The molecule has 0 spiro atoms. The number of anilines is 1. The quantitative estimate of drug-likeness (QED) is 0.687. The van der Waals surface area contributed by atoms with Crippen molar-refractivity contribution in [2.75, 3.05) is 18.0 Å². The molecule has 1 aromatic rings. The van der Waals surface area contributed by atoms with Gasteiger partial charge in [0.05, 0.1) is 5.56 Å². The maximum absolute atomic E-state index is 10.5. The van der Waals surface area contributed by atoms with Gasteiger partial charge in [0.2, 0.25) is 5.95 Å². The van der Waals surface area contributed by atoms with Crippen LogP contribution in [0, 0.1) is 5.92 Å². The van der Waals surface area contributed by atoms with E-state index in [-0.39, 0.29) is 0 Å². The van der Waals surface area contributed by atoms with Crippen LogP contribution >= 0.6 is 0 Å². The van der Waals surface area contributed by atoms with Crippen molar-refractivity contribution in [2.24, 2.45) is 5.92 Å². The summed E-state index contributed by atoms with van der Waals surface area (Å²) in [5, 5.41) is 0. The summed E-state index contributed by atoms with van der Waals surface area (Å²) < 4.78 is 0. The molecular weight excluding hydrogens is 190 g/mol. The van der Waals surface area contributed by atoms with Gasteiger partial charge in [-0.05, 0) is 18.8 Å². The molecule has 0 aromatic carbocycles. The van der Waals surface area contributed by atoms with Gasteiger partial charge in [0, 0.05) is 25.5 Å². The number of hydrogen-bond donors (Lipinski definition) is 0. The third-order valence-corrected chi connectivity index (χ3v) is 2.73. The largest absolute Gasteiger partial charge is 0.341 e. The summed E-state index contributed by atoms with van der Waals surface area (Å²) in [6.07, 6.45) is 6.40. The Labute approximate surface area is 89.3 Å². The topological polar surface area (TPSA) is 46.1 Å². The van der Waals surface area contributed by atoms with Crippen molar-refractivity contribution < 1.29 is 4.79 Å². The molecule has 1 fully saturated rings. The average Bonchev–Trinajstić information content (AvgIpc) is 2.29. The summed E-state index contributed by atoms with van der Waals surface area (Å²) >= 11 is 0. The Morgan fingerprint density at radius 3 is 2.80 bits per heavy atom. The molecule has 1 aliphatic heterocycles. The molecule has 2 heterocycles. The van der Waals surface area contributed by atoms with Crippen molar-refractivity contribution in [1.29, 1.82) is 0 Å². The molecule has 0 amide bonds. The van der Waals surface area contributed by atoms with Gasteiger partial charge in [-0.2, -0.15) is 0 Å². The van der Waals surface area contributed by atoms with E-state index in [4.69, 9.17) is 0 Å². The highest BCUT2D eigenvalue weighted by Gasteiger charge is 2.18. The molecular formula is C11H15N3O. The number of nitrogens with zero attached hydrogens (tertiary/aromatic N) is 3. The highest BCUT2D eigenvalue weighted by Crippen LogP contribution is 2.19. The summed E-state index contributed by atoms with van der Waals surface area (Å²) in [5.41, 5.74) is 0.531. The Morgan fingerprint density at radius 1 is 1.47 bits per heavy atom. The van der Waals surface area contributed by atoms with Gasteiger partial charge in [-0.25, -0.2) is 9.97 Å². The van der Waals surface area contributed by atoms with Crippen LogP contribution in [0.5, 0.6) is 0 Å². The molecule has 0 radical (unpaired) electrons. The first-order valence-electron chi connectivity index (χ1n) is 5.32. The smallest absolute Gasteiger partial charge is 0.225 e. The number of hydrogen-bond acceptors (Lipinski definition) is 4. The Hall–Kier alpha value is -1.45. The lowest BCUT2D eigenvalue weighted by molar-refractivity contribution is 0.112. The first-order valence-corrected chi connectivity index (χ1v) is 5.32. The summed E-state index contributed by atoms with van der Waals surface area (Å²) in [6, 6.07) is 0. The van der Waals surface area contributed by atoms with Crippen LogP contribution in [0.3, 0.4) is 0 Å². The summed E-state index contributed by atoms with van der Waals surface area (Å²) in [6.45, 7) is 4.27. The first kappa shape index (κ1) is 10.1. The van der Waals surface area contributed by atoms with Gasteiger partial charge in [0.1, 0.15) is 0 Å². The second-order valence-electron chi connectivity index (χ2n) is 4.13. The zero-order chi connectivity index (χ0) is 10.7. The third kappa shape index (κ3) is 2.32. The van der Waals surface area contributed by atoms with Crippen LogP contribution in [0.4, 0.5) is 5.95 Å². The number of aromatic nitrogens is 2. The second kappa shape index (κ2) is 4.38. The summed E-state index contributed by atoms with van der Waals surface area (Å²) in [4.78, 5) is 21.0. The number of carbonyl (C=O) groups is 1. The summed E-state index contributed by atoms with van der Waals surface area (Å²) in [5.74, 6) is 1.44. The molecule has 0 bridgehead atoms. The lowest BCUT2D eigenvalue weighted by atomic mass is 10.0. The molecule has 1 saturated heterocycles. The van der Waals surface area contributed by atoms with E-state index in [9.17, 15) is 4.79 Å². The standard InChI is InChI=1S/C11H15N3O/c1-9-3-2-4-14(7-9)11-12-5-10(8-15)6-13-11/h5-6,8-9H,2-4,7H2,1H3/t9-/m1/s1. The van der Waals surface area contributed by atoms with Crippen LogP contribution in [-0.4, -0.2) is 29.3 Å². The zero-order valence-corrected chi connectivity index (χ0v) is 8.89. The van der Waals surface area contributed by atoms with E-state index in [1.165, 1.54) is 12.8 Å². The molecule has 0 saturated carbocycles. The Bertz CT molecular complexity index is 336. The monoisotopic (exact) mass is 205 g/mol. The van der Waals surface area contributed by atoms with Gasteiger partial charge in [-0.1, -0.05) is 6.92 Å². The highest BCUT2D eigenvalue weighted by molar-refractivity contribution is 5.73. The van der Waals surface area contributed by atoms with Gasteiger partial charge in [-0.3, -0.25) is 4.79 Å². The van der Waals surface area contributed by atoms with Gasteiger partial charge in [0.15, 0.2) is 6.29 Å². The molecule has 0 unspecified atom stereocenters. The Balaban J connectivity index is 2.11. The van der Waals surface area contributed by atoms with E-state index in [0.29, 0.717) is 11.5 Å². The Morgan fingerprint density at radius 2 is 2.20 bits per heavy atom. The number of carbonyl (C=O) groups excluding carboxylic acids is 1. The highest BCUT2D eigenvalue weighted by atomic mass is 16.1. The molecule has 15 heavy (non-hydrogen) atoms. The van der Waals surface area contributed by atoms with Crippen molar-refractivity contribution in [3.8, 4) is 0 Å². The maximum Gasteiger partial charge on any atom is 0.225 e. The number of rotatable bonds is 2. The minimum Gasteiger partial charge on any atom is -0.341 e. The van der Waals surface area contributed by atoms with Crippen LogP contribution in [-0.2, 0) is 0 Å². The van der Waals surface area contributed by atoms with Gasteiger partial charge in [0.25, 0.3) is 0 Å². The zero-order valence-electron chi connectivity index (χ0n) is 8.89. The number of aldehydes is 1. The maximum atomic E-state index is 10.5. The van der Waals surface area contributed by atoms with Crippen molar-refractivity contribution in [3.05, 3.63) is 18.0 Å². The molecule has 4 heteroatoms. The summed E-state index contributed by atoms with van der Waals surface area (Å²) in [7, 11) is 0. The van der Waals surface area contributed by atoms with E-state index < -0.39 is 0 Å². The van der Waals surface area contributed by atoms with E-state index >= 15 is 0 Å². The third-order valence-electron chi connectivity index (χ3n) is 2.73. The predicted octanol–water partition coefficient (Wildman–Crippen LogP) is 1.53. The van der Waals surface area contributed by atoms with Crippen LogP contribution in [0.15, 0.2) is 12.4 Å². The SMILES string of the molecule is C[C@@H]1CCCN(c2ncc(C=O)cn2)C1. The fourth-order valence-electron chi connectivity index (χ4n) is 1.93. The molecule has 4 nitrogen and oxygen atoms in total. The first-order chi connectivity index (χ1) is 7.29. The van der Waals surface area contributed by atoms with Crippen molar-refractivity contribution in [3.63, 3.8) is 0 Å². The molecule has 1 atom stereocenters. The van der Waals surface area contributed by atoms with Crippen LogP contribution in [0.1, 0.15) is 30.1 Å². The number of piperidine rings is 1. The molecule has 0 N–H and O–H groups in total. The average molecular weight is 205 g/mol. The molecule has 1 aliphatic rings. The lowest BCUT2D eigenvalue weighted by Crippen LogP contribution is -2.35. The van der Waals surface area contributed by atoms with E-state index in [1.807, 2.05) is 0 Å². The normalized spacial score (nSPS) is 21.4. The lowest BCUT2D eigenvalue weighted by Gasteiger charge is -2.30. The van der Waals surface area contributed by atoms with Crippen molar-refractivity contribution in [2.45, 2.75) is 19.8 Å². The predicted molar refractivity (Wildman–Crippen MR) is 58.0 cm³/mol. The van der Waals surface area contributed by atoms with E-state index in [1.54, 1.807) is 12.4 Å². The minimum atomic E-state index is 0.531. The van der Waals surface area contributed by atoms with Crippen LogP contribution in [0.2, 0.25) is 0 Å². The fraction of sp³-hybridized carbons (Fsp3) is 0.545. The van der Waals surface area contributed by atoms with Crippen LogP contribution < -0.4 is 4.90 Å². The van der Waals surface area contributed by atoms with Gasteiger partial charge in [-0.15, -0.1) is 0 Å². The molecule has 1 aromatic heterocycles. The Kier molecular flexibility index (Phi) is 2.94. The van der Waals surface area contributed by atoms with Crippen molar-refractivity contribution in [1.82, 2.24) is 9.97 Å². The molecule has 2 rings (SSSR count). The van der Waals surface area contributed by atoms with Gasteiger partial charge < -0.3 is 4.90 Å². The fourth-order valence-corrected chi connectivity index (χ4v) is 1.93.